The zero-order valence-electron chi connectivity index (χ0n) is 21.3. The van der Waals surface area contributed by atoms with Crippen LogP contribution in [0.5, 0.6) is 5.75 Å². The summed E-state index contributed by atoms with van der Waals surface area (Å²) in [6.45, 7) is 4.03. The Balaban J connectivity index is 1.35. The summed E-state index contributed by atoms with van der Waals surface area (Å²) in [5.41, 5.74) is 6.18. The highest BCUT2D eigenvalue weighted by atomic mass is 32.1. The highest BCUT2D eigenvalue weighted by Gasteiger charge is 2.12. The predicted octanol–water partition coefficient (Wildman–Crippen LogP) is 5.95. The van der Waals surface area contributed by atoms with E-state index >= 15 is 0 Å². The van der Waals surface area contributed by atoms with Crippen molar-refractivity contribution in [1.82, 2.24) is 5.32 Å². The highest BCUT2D eigenvalue weighted by molar-refractivity contribution is 7.12. The quantitative estimate of drug-likeness (QED) is 0.249. The van der Waals surface area contributed by atoms with Crippen molar-refractivity contribution in [2.75, 3.05) is 6.61 Å². The largest absolute Gasteiger partial charge is 0.508 e. The van der Waals surface area contributed by atoms with Crippen LogP contribution in [0.4, 0.5) is 0 Å². The maximum atomic E-state index is 12.7. The fourth-order valence-corrected chi connectivity index (χ4v) is 4.88. The van der Waals surface area contributed by atoms with Crippen molar-refractivity contribution < 1.29 is 24.2 Å². The number of nitrogens with one attached hydrogen (secondary N) is 1. The maximum Gasteiger partial charge on any atom is 0.310 e. The van der Waals surface area contributed by atoms with Gasteiger partial charge in [-0.2, -0.15) is 0 Å². The Kier molecular flexibility index (Phi) is 8.71. The molecule has 2 N–H and O–H groups in total. The molecule has 0 aliphatic carbocycles. The number of amides is 1. The number of hydrogen-bond acceptors (Lipinski definition) is 6. The van der Waals surface area contributed by atoms with E-state index in [1.54, 1.807) is 19.1 Å². The number of phenolic OH excluding ortho intramolecular Hbond substituents is 1. The fourth-order valence-electron chi connectivity index (χ4n) is 4.05. The van der Waals surface area contributed by atoms with Crippen molar-refractivity contribution >= 4 is 29.0 Å². The number of rotatable bonds is 10. The van der Waals surface area contributed by atoms with Crippen LogP contribution in [-0.2, 0) is 33.7 Å². The van der Waals surface area contributed by atoms with Crippen molar-refractivity contribution in [3.05, 3.63) is 99.7 Å². The Morgan fingerprint density at radius 2 is 1.45 bits per heavy atom. The van der Waals surface area contributed by atoms with Gasteiger partial charge in [0.2, 0.25) is 0 Å². The van der Waals surface area contributed by atoms with Crippen LogP contribution in [0.3, 0.4) is 0 Å². The first-order valence-electron chi connectivity index (χ1n) is 12.3. The number of carbonyl (C=O) groups is 3. The Labute approximate surface area is 225 Å². The van der Waals surface area contributed by atoms with E-state index in [1.807, 2.05) is 66.0 Å². The van der Waals surface area contributed by atoms with Crippen LogP contribution < -0.4 is 5.32 Å². The first-order chi connectivity index (χ1) is 18.3. The minimum Gasteiger partial charge on any atom is -0.508 e. The molecule has 0 aliphatic rings. The van der Waals surface area contributed by atoms with E-state index in [4.69, 9.17) is 4.74 Å². The predicted molar refractivity (Wildman–Crippen MR) is 149 cm³/mol. The summed E-state index contributed by atoms with van der Waals surface area (Å²) in [6, 6.07) is 22.7. The smallest absolute Gasteiger partial charge is 0.310 e. The molecular formula is C31H29NO5S. The van der Waals surface area contributed by atoms with E-state index in [0.717, 1.165) is 33.4 Å². The number of ketones is 1. The summed E-state index contributed by atoms with van der Waals surface area (Å²) >= 11 is 1.39. The third-order valence-electron chi connectivity index (χ3n) is 6.03. The molecule has 0 radical (unpaired) electrons. The molecule has 38 heavy (non-hydrogen) atoms. The molecule has 0 aliphatic heterocycles. The number of hydrogen-bond donors (Lipinski definition) is 2. The van der Waals surface area contributed by atoms with Gasteiger partial charge in [0.05, 0.1) is 17.9 Å². The number of ether oxygens (including phenoxy) is 1. The summed E-state index contributed by atoms with van der Waals surface area (Å²) in [6.07, 6.45) is 0.442. The second-order valence-corrected chi connectivity index (χ2v) is 9.89. The van der Waals surface area contributed by atoms with Gasteiger partial charge >= 0.3 is 5.97 Å². The normalized spacial score (nSPS) is 10.7. The molecule has 194 valence electrons. The number of aromatic hydroxyl groups is 1. The minimum absolute atomic E-state index is 0.00250. The summed E-state index contributed by atoms with van der Waals surface area (Å²) < 4.78 is 4.97. The lowest BCUT2D eigenvalue weighted by Gasteiger charge is -2.07. The number of carbonyl (C=O) groups excluding carboxylic acids is 3. The molecule has 0 fully saturated rings. The molecular weight excluding hydrogens is 498 g/mol. The number of Topliss-reactive ketones (excluding diaryl/α,β-unsaturated/α-hetero) is 1. The average Bonchev–Trinajstić information content (AvgIpc) is 3.40. The van der Waals surface area contributed by atoms with Gasteiger partial charge in [-0.1, -0.05) is 60.7 Å². The van der Waals surface area contributed by atoms with E-state index in [0.29, 0.717) is 23.6 Å². The van der Waals surface area contributed by atoms with Crippen LogP contribution in [0.2, 0.25) is 0 Å². The number of phenols is 1. The molecule has 1 aromatic heterocycles. The van der Waals surface area contributed by atoms with Crippen molar-refractivity contribution in [3.63, 3.8) is 0 Å². The van der Waals surface area contributed by atoms with Crippen LogP contribution in [0.1, 0.15) is 40.2 Å². The van der Waals surface area contributed by atoms with Crippen LogP contribution >= 0.6 is 11.3 Å². The van der Waals surface area contributed by atoms with Gasteiger partial charge < -0.3 is 15.2 Å². The molecule has 7 heteroatoms. The summed E-state index contributed by atoms with van der Waals surface area (Å²) in [5.74, 6) is -0.282. The lowest BCUT2D eigenvalue weighted by Crippen LogP contribution is -2.21. The molecule has 0 atom stereocenters. The van der Waals surface area contributed by atoms with Gasteiger partial charge in [-0.15, -0.1) is 11.3 Å². The van der Waals surface area contributed by atoms with Gasteiger partial charge in [0.1, 0.15) is 11.5 Å². The third kappa shape index (κ3) is 6.95. The monoisotopic (exact) mass is 527 g/mol. The van der Waals surface area contributed by atoms with Gasteiger partial charge in [0, 0.05) is 18.5 Å². The molecule has 6 nitrogen and oxygen atoms in total. The number of thiophene rings is 1. The Bertz CT molecular complexity index is 1440. The summed E-state index contributed by atoms with van der Waals surface area (Å²) in [7, 11) is 0. The van der Waals surface area contributed by atoms with Crippen LogP contribution in [0.15, 0.2) is 78.2 Å². The highest BCUT2D eigenvalue weighted by Crippen LogP contribution is 2.31. The van der Waals surface area contributed by atoms with Crippen LogP contribution in [0.25, 0.3) is 22.3 Å². The van der Waals surface area contributed by atoms with Gasteiger partial charge in [-0.05, 0) is 64.7 Å². The zero-order chi connectivity index (χ0) is 27.1. The van der Waals surface area contributed by atoms with Crippen molar-refractivity contribution in [1.29, 1.82) is 0 Å². The summed E-state index contributed by atoms with van der Waals surface area (Å²) in [4.78, 5) is 36.3. The molecule has 4 aromatic rings. The molecule has 1 heterocycles. The maximum absolute atomic E-state index is 12.7. The van der Waals surface area contributed by atoms with Gasteiger partial charge in [0.15, 0.2) is 0 Å². The van der Waals surface area contributed by atoms with E-state index in [2.05, 4.69) is 5.32 Å². The van der Waals surface area contributed by atoms with Gasteiger partial charge in [-0.25, -0.2) is 0 Å². The lowest BCUT2D eigenvalue weighted by atomic mass is 9.99. The number of esters is 1. The third-order valence-corrected chi connectivity index (χ3v) is 6.96. The van der Waals surface area contributed by atoms with Crippen LogP contribution in [0, 0.1) is 0 Å². The first-order valence-corrected chi connectivity index (χ1v) is 13.2. The zero-order valence-corrected chi connectivity index (χ0v) is 22.1. The molecule has 1 amide bonds. The molecule has 3 aromatic carbocycles. The molecule has 0 bridgehead atoms. The van der Waals surface area contributed by atoms with E-state index in [-0.39, 0.29) is 36.3 Å². The van der Waals surface area contributed by atoms with Crippen molar-refractivity contribution in [3.8, 4) is 28.0 Å². The van der Waals surface area contributed by atoms with Crippen molar-refractivity contribution in [2.24, 2.45) is 0 Å². The summed E-state index contributed by atoms with van der Waals surface area (Å²) in [5, 5.41) is 15.2. The lowest BCUT2D eigenvalue weighted by molar-refractivity contribution is -0.142. The molecule has 0 saturated heterocycles. The molecule has 0 saturated carbocycles. The van der Waals surface area contributed by atoms with Gasteiger partial charge in [-0.3, -0.25) is 14.4 Å². The standard InChI is InChI=1S/C31H29NO5S/c1-3-37-30(35)15-21-4-6-22(7-5-21)18-32-31(36)29-17-27(19-38-29)24-10-8-23(9-11-24)25-12-13-26(14-20(2)33)28(34)16-25/h4-13,16-17,19,34H,3,14-15,18H2,1-2H3,(H,32,36). The average molecular weight is 528 g/mol. The van der Waals surface area contributed by atoms with Crippen LogP contribution in [-0.4, -0.2) is 29.4 Å². The van der Waals surface area contributed by atoms with Gasteiger partial charge in [0.25, 0.3) is 5.91 Å². The second-order valence-electron chi connectivity index (χ2n) is 8.98. The molecule has 0 unspecified atom stereocenters. The van der Waals surface area contributed by atoms with E-state index < -0.39 is 0 Å². The molecule has 4 rings (SSSR count). The van der Waals surface area contributed by atoms with E-state index in [9.17, 15) is 19.5 Å². The topological polar surface area (TPSA) is 92.7 Å². The Morgan fingerprint density at radius 3 is 2.08 bits per heavy atom. The Morgan fingerprint density at radius 1 is 0.816 bits per heavy atom. The molecule has 0 spiro atoms. The number of benzene rings is 3. The minimum atomic E-state index is -0.254. The second kappa shape index (κ2) is 12.3. The fraction of sp³-hybridized carbons (Fsp3) is 0.194. The van der Waals surface area contributed by atoms with Crippen molar-refractivity contribution in [2.45, 2.75) is 33.2 Å². The Hall–Kier alpha value is -4.23. The first kappa shape index (κ1) is 26.8. The van der Waals surface area contributed by atoms with E-state index in [1.165, 1.54) is 18.3 Å². The SMILES string of the molecule is CCOC(=O)Cc1ccc(CNC(=O)c2cc(-c3ccc(-c4ccc(CC(C)=O)c(O)c4)cc3)cs2)cc1.